The minimum atomic E-state index is 0.122. The molecule has 0 amide bonds. The van der Waals surface area contributed by atoms with E-state index >= 15 is 0 Å². The van der Waals surface area contributed by atoms with Gasteiger partial charge in [0, 0.05) is 23.7 Å². The number of benzene rings is 1. The average molecular weight is 279 g/mol. The van der Waals surface area contributed by atoms with Crippen molar-refractivity contribution in [2.24, 2.45) is 5.73 Å². The molecule has 1 aliphatic heterocycles. The molecule has 1 aliphatic carbocycles. The van der Waals surface area contributed by atoms with Crippen LogP contribution in [0.3, 0.4) is 0 Å². The summed E-state index contributed by atoms with van der Waals surface area (Å²) in [6.07, 6.45) is 3.92. The lowest BCUT2D eigenvalue weighted by Gasteiger charge is -2.18. The van der Waals surface area contributed by atoms with Gasteiger partial charge in [0.25, 0.3) is 0 Å². The Hall–Kier alpha value is -0.710. The molecule has 0 saturated carbocycles. The number of methoxy groups -OCH3 is 1. The molecule has 3 rings (SSSR count). The molecule has 1 fully saturated rings. The second-order valence-electron chi connectivity index (χ2n) is 5.30. The lowest BCUT2D eigenvalue weighted by atomic mass is 10.1. The molecule has 0 spiro atoms. The minimum absolute atomic E-state index is 0.122. The van der Waals surface area contributed by atoms with Gasteiger partial charge in [0.2, 0.25) is 0 Å². The summed E-state index contributed by atoms with van der Waals surface area (Å²) in [5.41, 5.74) is 9.01. The highest BCUT2D eigenvalue weighted by atomic mass is 32.2. The first-order valence-electron chi connectivity index (χ1n) is 6.93. The van der Waals surface area contributed by atoms with Gasteiger partial charge in [-0.3, -0.25) is 0 Å². The fourth-order valence-electron chi connectivity index (χ4n) is 2.91. The van der Waals surface area contributed by atoms with Crippen LogP contribution in [0.15, 0.2) is 18.2 Å². The maximum absolute atomic E-state index is 6.38. The predicted octanol–water partition coefficient (Wildman–Crippen LogP) is 2.53. The van der Waals surface area contributed by atoms with Gasteiger partial charge in [0.15, 0.2) is 0 Å². The molecule has 19 heavy (non-hydrogen) atoms. The second-order valence-corrected chi connectivity index (χ2v) is 6.57. The predicted molar refractivity (Wildman–Crippen MR) is 78.8 cm³/mol. The minimum Gasteiger partial charge on any atom is -0.497 e. The number of hydrogen-bond donors (Lipinski definition) is 1. The quantitative estimate of drug-likeness (QED) is 0.920. The van der Waals surface area contributed by atoms with E-state index in [1.807, 2.05) is 17.8 Å². The Morgan fingerprint density at radius 3 is 3.11 bits per heavy atom. The molecule has 0 aromatic heterocycles. The molecule has 1 saturated heterocycles. The second kappa shape index (κ2) is 5.73. The molecular weight excluding hydrogens is 258 g/mol. The van der Waals surface area contributed by atoms with E-state index in [0.29, 0.717) is 11.4 Å². The van der Waals surface area contributed by atoms with E-state index in [0.717, 1.165) is 24.5 Å². The van der Waals surface area contributed by atoms with Crippen LogP contribution < -0.4 is 10.5 Å². The van der Waals surface area contributed by atoms with E-state index < -0.39 is 0 Å². The Morgan fingerprint density at radius 2 is 2.37 bits per heavy atom. The zero-order valence-corrected chi connectivity index (χ0v) is 12.1. The third-order valence-electron chi connectivity index (χ3n) is 4.05. The maximum atomic E-state index is 6.38. The lowest BCUT2D eigenvalue weighted by Crippen LogP contribution is -2.21. The third kappa shape index (κ3) is 2.76. The zero-order chi connectivity index (χ0) is 13.2. The van der Waals surface area contributed by atoms with Gasteiger partial charge in [-0.25, -0.2) is 0 Å². The molecule has 104 valence electrons. The fourth-order valence-corrected chi connectivity index (χ4v) is 4.29. The zero-order valence-electron chi connectivity index (χ0n) is 11.3. The number of hydrogen-bond acceptors (Lipinski definition) is 4. The first-order chi connectivity index (χ1) is 9.28. The molecule has 1 aromatic rings. The van der Waals surface area contributed by atoms with Crippen LogP contribution in [0.2, 0.25) is 0 Å². The monoisotopic (exact) mass is 279 g/mol. The van der Waals surface area contributed by atoms with Gasteiger partial charge in [0.1, 0.15) is 5.75 Å². The number of nitrogens with two attached hydrogens (primary N) is 1. The van der Waals surface area contributed by atoms with Crippen LogP contribution in [0.5, 0.6) is 5.75 Å². The number of fused-ring (bicyclic) bond motifs is 1. The van der Waals surface area contributed by atoms with Gasteiger partial charge in [0.05, 0.1) is 13.2 Å². The molecule has 4 heteroatoms. The Labute approximate surface area is 118 Å². The van der Waals surface area contributed by atoms with Gasteiger partial charge in [-0.15, -0.1) is 0 Å². The number of thioether (sulfide) groups is 1. The highest BCUT2D eigenvalue weighted by Gasteiger charge is 2.31. The van der Waals surface area contributed by atoms with Crippen molar-refractivity contribution in [3.05, 3.63) is 29.3 Å². The molecule has 2 N–H and O–H groups in total. The summed E-state index contributed by atoms with van der Waals surface area (Å²) in [6, 6.07) is 6.39. The number of ether oxygens (including phenoxy) is 2. The van der Waals surface area contributed by atoms with Crippen molar-refractivity contribution in [2.75, 3.05) is 19.5 Å². The Kier molecular flexibility index (Phi) is 4.01. The van der Waals surface area contributed by atoms with Crippen molar-refractivity contribution in [1.82, 2.24) is 0 Å². The van der Waals surface area contributed by atoms with Crippen molar-refractivity contribution in [3.63, 3.8) is 0 Å². The van der Waals surface area contributed by atoms with E-state index in [2.05, 4.69) is 12.1 Å². The average Bonchev–Trinajstić information content (AvgIpc) is 3.05. The highest BCUT2D eigenvalue weighted by Crippen LogP contribution is 2.39. The molecular formula is C15H21NO2S. The topological polar surface area (TPSA) is 44.5 Å². The van der Waals surface area contributed by atoms with E-state index in [9.17, 15) is 0 Å². The molecule has 3 atom stereocenters. The van der Waals surface area contributed by atoms with E-state index in [1.54, 1.807) is 7.11 Å². The summed E-state index contributed by atoms with van der Waals surface area (Å²) in [5, 5.41) is 0.478. The van der Waals surface area contributed by atoms with Gasteiger partial charge < -0.3 is 15.2 Å². The molecule has 0 bridgehead atoms. The Bertz CT molecular complexity index is 446. The van der Waals surface area contributed by atoms with E-state index in [4.69, 9.17) is 15.2 Å². The normalized spacial score (nSPS) is 29.5. The molecule has 1 heterocycles. The highest BCUT2D eigenvalue weighted by molar-refractivity contribution is 8.00. The summed E-state index contributed by atoms with van der Waals surface area (Å²) < 4.78 is 11.0. The van der Waals surface area contributed by atoms with Crippen molar-refractivity contribution >= 4 is 11.8 Å². The van der Waals surface area contributed by atoms with Crippen molar-refractivity contribution in [2.45, 2.75) is 36.7 Å². The van der Waals surface area contributed by atoms with Crippen LogP contribution in [0.4, 0.5) is 0 Å². The van der Waals surface area contributed by atoms with Crippen LogP contribution in [0.1, 0.15) is 30.0 Å². The Morgan fingerprint density at radius 1 is 1.47 bits per heavy atom. The lowest BCUT2D eigenvalue weighted by molar-refractivity contribution is 0.128. The number of rotatable bonds is 4. The van der Waals surface area contributed by atoms with Crippen LogP contribution in [0.25, 0.3) is 0 Å². The molecule has 0 radical (unpaired) electrons. The summed E-state index contributed by atoms with van der Waals surface area (Å²) in [7, 11) is 1.70. The standard InChI is InChI=1S/C15H21NO2S/c1-17-11-5-4-10-7-14(15(16)13(10)8-11)19-9-12-3-2-6-18-12/h4-5,8,12,14-15H,2-3,6-7,9,16H2,1H3. The Balaban J connectivity index is 1.63. The molecule has 1 aromatic carbocycles. The van der Waals surface area contributed by atoms with Crippen LogP contribution in [-0.4, -0.2) is 30.8 Å². The molecule has 2 aliphatic rings. The van der Waals surface area contributed by atoms with Crippen molar-refractivity contribution in [1.29, 1.82) is 0 Å². The SMILES string of the molecule is COc1ccc2c(c1)C(N)C(SCC1CCCO1)C2. The first kappa shape index (κ1) is 13.3. The van der Waals surface area contributed by atoms with Crippen molar-refractivity contribution < 1.29 is 9.47 Å². The van der Waals surface area contributed by atoms with Crippen LogP contribution in [0, 0.1) is 0 Å². The summed E-state index contributed by atoms with van der Waals surface area (Å²) in [5.74, 6) is 1.97. The van der Waals surface area contributed by atoms with E-state index in [1.165, 1.54) is 24.0 Å². The van der Waals surface area contributed by atoms with Gasteiger partial charge in [-0.2, -0.15) is 11.8 Å². The van der Waals surface area contributed by atoms with Gasteiger partial charge in [-0.1, -0.05) is 6.07 Å². The summed E-state index contributed by atoms with van der Waals surface area (Å²) in [4.78, 5) is 0. The summed E-state index contributed by atoms with van der Waals surface area (Å²) >= 11 is 1.97. The van der Waals surface area contributed by atoms with Crippen molar-refractivity contribution in [3.8, 4) is 5.75 Å². The smallest absolute Gasteiger partial charge is 0.119 e. The third-order valence-corrected chi connectivity index (χ3v) is 5.51. The van der Waals surface area contributed by atoms with E-state index in [-0.39, 0.29) is 6.04 Å². The fraction of sp³-hybridized carbons (Fsp3) is 0.600. The van der Waals surface area contributed by atoms with Crippen LogP contribution >= 0.6 is 11.8 Å². The van der Waals surface area contributed by atoms with Gasteiger partial charge >= 0.3 is 0 Å². The maximum Gasteiger partial charge on any atom is 0.119 e. The van der Waals surface area contributed by atoms with Gasteiger partial charge in [-0.05, 0) is 42.5 Å². The van der Waals surface area contributed by atoms with Crippen LogP contribution in [-0.2, 0) is 11.2 Å². The largest absolute Gasteiger partial charge is 0.497 e. The molecule has 3 unspecified atom stereocenters. The molecule has 3 nitrogen and oxygen atoms in total. The first-order valence-corrected chi connectivity index (χ1v) is 7.98. The summed E-state index contributed by atoms with van der Waals surface area (Å²) in [6.45, 7) is 0.930.